The Morgan fingerprint density at radius 2 is 2.00 bits per heavy atom. The number of likely N-dealkylation sites (tertiary alicyclic amines) is 1. The van der Waals surface area contributed by atoms with Crippen molar-refractivity contribution in [2.75, 3.05) is 40.4 Å². The van der Waals surface area contributed by atoms with Gasteiger partial charge >= 0.3 is 0 Å². The Morgan fingerprint density at radius 3 is 2.61 bits per heavy atom. The van der Waals surface area contributed by atoms with E-state index < -0.39 is 6.10 Å². The Hall–Kier alpha value is -1.30. The molecule has 0 aliphatic carbocycles. The fourth-order valence-electron chi connectivity index (χ4n) is 3.16. The molecule has 0 saturated carbocycles. The standard InChI is InChI=1S/C18H30N2O3/c1-4-9-20-10-7-14(8-11-20)19-13-17(21)16-12-15(22-2)5-6-18(16)23-3/h5-6,12,14,17,19,21H,4,7-11,13H2,1-3H3. The van der Waals surface area contributed by atoms with E-state index in [0.717, 1.165) is 37.2 Å². The Morgan fingerprint density at radius 1 is 1.26 bits per heavy atom. The van der Waals surface area contributed by atoms with Crippen molar-refractivity contribution in [2.45, 2.75) is 38.3 Å². The summed E-state index contributed by atoms with van der Waals surface area (Å²) in [5.74, 6) is 1.42. The molecule has 0 amide bonds. The van der Waals surface area contributed by atoms with E-state index in [2.05, 4.69) is 17.1 Å². The molecule has 130 valence electrons. The average Bonchev–Trinajstić information content (AvgIpc) is 2.60. The Kier molecular flexibility index (Phi) is 7.15. The number of hydrogen-bond donors (Lipinski definition) is 2. The first kappa shape index (κ1) is 18.0. The van der Waals surface area contributed by atoms with Gasteiger partial charge in [0.05, 0.1) is 20.3 Å². The summed E-state index contributed by atoms with van der Waals surface area (Å²) in [6.45, 7) is 6.23. The van der Waals surface area contributed by atoms with Crippen molar-refractivity contribution < 1.29 is 14.6 Å². The molecule has 1 aliphatic rings. The van der Waals surface area contributed by atoms with Crippen LogP contribution in [-0.2, 0) is 0 Å². The minimum atomic E-state index is -0.603. The quantitative estimate of drug-likeness (QED) is 0.768. The second-order valence-corrected chi connectivity index (χ2v) is 6.15. The van der Waals surface area contributed by atoms with Crippen molar-refractivity contribution in [3.05, 3.63) is 23.8 Å². The van der Waals surface area contributed by atoms with E-state index in [1.807, 2.05) is 18.2 Å². The Bertz CT molecular complexity index is 473. The van der Waals surface area contributed by atoms with Crippen LogP contribution in [0.3, 0.4) is 0 Å². The maximum Gasteiger partial charge on any atom is 0.124 e. The summed E-state index contributed by atoms with van der Waals surface area (Å²) in [5.41, 5.74) is 0.766. The summed E-state index contributed by atoms with van der Waals surface area (Å²) in [5, 5.41) is 14.0. The first-order valence-electron chi connectivity index (χ1n) is 8.53. The molecule has 2 N–H and O–H groups in total. The van der Waals surface area contributed by atoms with Crippen LogP contribution in [0.5, 0.6) is 11.5 Å². The third kappa shape index (κ3) is 5.09. The highest BCUT2D eigenvalue weighted by Gasteiger charge is 2.20. The highest BCUT2D eigenvalue weighted by molar-refractivity contribution is 5.41. The van der Waals surface area contributed by atoms with Crippen molar-refractivity contribution in [1.82, 2.24) is 10.2 Å². The molecule has 2 rings (SSSR count). The molecule has 0 aromatic heterocycles. The normalized spacial score (nSPS) is 17.9. The summed E-state index contributed by atoms with van der Waals surface area (Å²) < 4.78 is 10.6. The zero-order valence-electron chi connectivity index (χ0n) is 14.5. The number of aliphatic hydroxyl groups is 1. The fourth-order valence-corrected chi connectivity index (χ4v) is 3.16. The molecule has 1 aromatic carbocycles. The lowest BCUT2D eigenvalue weighted by atomic mass is 10.0. The topological polar surface area (TPSA) is 54.0 Å². The number of ether oxygens (including phenoxy) is 2. The van der Waals surface area contributed by atoms with Gasteiger partial charge in [0.1, 0.15) is 11.5 Å². The summed E-state index contributed by atoms with van der Waals surface area (Å²) in [4.78, 5) is 2.51. The van der Waals surface area contributed by atoms with Crippen LogP contribution >= 0.6 is 0 Å². The van der Waals surface area contributed by atoms with E-state index >= 15 is 0 Å². The smallest absolute Gasteiger partial charge is 0.124 e. The predicted octanol–water partition coefficient (Wildman–Crippen LogP) is 2.20. The lowest BCUT2D eigenvalue weighted by molar-refractivity contribution is 0.148. The van der Waals surface area contributed by atoms with Gasteiger partial charge < -0.3 is 24.8 Å². The number of nitrogens with zero attached hydrogens (tertiary/aromatic N) is 1. The third-order valence-electron chi connectivity index (χ3n) is 4.52. The molecule has 5 nitrogen and oxygen atoms in total. The molecular weight excluding hydrogens is 292 g/mol. The summed E-state index contributed by atoms with van der Waals surface area (Å²) in [6.07, 6.45) is 2.89. The van der Waals surface area contributed by atoms with Crippen LogP contribution in [0.2, 0.25) is 0 Å². The zero-order valence-corrected chi connectivity index (χ0v) is 14.5. The molecule has 1 aromatic rings. The van der Waals surface area contributed by atoms with Crippen molar-refractivity contribution in [3.63, 3.8) is 0 Å². The van der Waals surface area contributed by atoms with Crippen LogP contribution < -0.4 is 14.8 Å². The number of piperidine rings is 1. The second kappa shape index (κ2) is 9.11. The lowest BCUT2D eigenvalue weighted by Gasteiger charge is -2.32. The van der Waals surface area contributed by atoms with Crippen LogP contribution in [0.25, 0.3) is 0 Å². The first-order chi connectivity index (χ1) is 11.2. The summed E-state index contributed by atoms with van der Waals surface area (Å²) in [7, 11) is 3.25. The van der Waals surface area contributed by atoms with Crippen molar-refractivity contribution in [2.24, 2.45) is 0 Å². The highest BCUT2D eigenvalue weighted by atomic mass is 16.5. The SMILES string of the molecule is CCCN1CCC(NCC(O)c2cc(OC)ccc2OC)CC1. The van der Waals surface area contributed by atoms with Crippen LogP contribution in [0.15, 0.2) is 18.2 Å². The maximum atomic E-state index is 10.5. The largest absolute Gasteiger partial charge is 0.497 e. The van der Waals surface area contributed by atoms with Gasteiger partial charge in [-0.25, -0.2) is 0 Å². The monoisotopic (exact) mass is 322 g/mol. The Balaban J connectivity index is 1.86. The molecule has 0 bridgehead atoms. The minimum Gasteiger partial charge on any atom is -0.497 e. The molecule has 1 unspecified atom stereocenters. The van der Waals surface area contributed by atoms with Crippen LogP contribution in [-0.4, -0.2) is 56.4 Å². The number of methoxy groups -OCH3 is 2. The van der Waals surface area contributed by atoms with Crippen LogP contribution in [0.1, 0.15) is 37.9 Å². The number of nitrogens with one attached hydrogen (secondary N) is 1. The van der Waals surface area contributed by atoms with Crippen molar-refractivity contribution in [1.29, 1.82) is 0 Å². The van der Waals surface area contributed by atoms with Crippen LogP contribution in [0, 0.1) is 0 Å². The van der Waals surface area contributed by atoms with E-state index in [1.165, 1.54) is 13.0 Å². The highest BCUT2D eigenvalue weighted by Crippen LogP contribution is 2.29. The van der Waals surface area contributed by atoms with E-state index in [4.69, 9.17) is 9.47 Å². The second-order valence-electron chi connectivity index (χ2n) is 6.15. The van der Waals surface area contributed by atoms with E-state index in [-0.39, 0.29) is 0 Å². The molecular formula is C18H30N2O3. The molecule has 1 fully saturated rings. The van der Waals surface area contributed by atoms with Gasteiger partial charge in [0, 0.05) is 18.2 Å². The van der Waals surface area contributed by atoms with Gasteiger partial charge in [0.25, 0.3) is 0 Å². The lowest BCUT2D eigenvalue weighted by Crippen LogP contribution is -2.43. The zero-order chi connectivity index (χ0) is 16.7. The third-order valence-corrected chi connectivity index (χ3v) is 4.52. The molecule has 1 saturated heterocycles. The number of benzene rings is 1. The predicted molar refractivity (Wildman–Crippen MR) is 92.3 cm³/mol. The first-order valence-corrected chi connectivity index (χ1v) is 8.53. The maximum absolute atomic E-state index is 10.5. The molecule has 23 heavy (non-hydrogen) atoms. The van der Waals surface area contributed by atoms with Gasteiger partial charge in [-0.3, -0.25) is 0 Å². The molecule has 1 aliphatic heterocycles. The van der Waals surface area contributed by atoms with E-state index in [0.29, 0.717) is 18.3 Å². The van der Waals surface area contributed by atoms with Gasteiger partial charge in [-0.05, 0) is 57.1 Å². The fraction of sp³-hybridized carbons (Fsp3) is 0.667. The van der Waals surface area contributed by atoms with Crippen molar-refractivity contribution >= 4 is 0 Å². The minimum absolute atomic E-state index is 0.481. The molecule has 0 radical (unpaired) electrons. The van der Waals surface area contributed by atoms with Gasteiger partial charge in [0.15, 0.2) is 0 Å². The van der Waals surface area contributed by atoms with E-state index in [9.17, 15) is 5.11 Å². The van der Waals surface area contributed by atoms with E-state index in [1.54, 1.807) is 14.2 Å². The number of hydrogen-bond acceptors (Lipinski definition) is 5. The van der Waals surface area contributed by atoms with Crippen molar-refractivity contribution in [3.8, 4) is 11.5 Å². The molecule has 0 spiro atoms. The van der Waals surface area contributed by atoms with Gasteiger partial charge in [-0.1, -0.05) is 6.92 Å². The van der Waals surface area contributed by atoms with Crippen LogP contribution in [0.4, 0.5) is 0 Å². The van der Waals surface area contributed by atoms with Gasteiger partial charge in [-0.15, -0.1) is 0 Å². The van der Waals surface area contributed by atoms with Gasteiger partial charge in [0.2, 0.25) is 0 Å². The summed E-state index contributed by atoms with van der Waals surface area (Å²) >= 11 is 0. The van der Waals surface area contributed by atoms with Gasteiger partial charge in [-0.2, -0.15) is 0 Å². The number of rotatable bonds is 8. The summed E-state index contributed by atoms with van der Waals surface area (Å²) in [6, 6.07) is 6.00. The Labute approximate surface area is 139 Å². The molecule has 1 heterocycles. The molecule has 1 atom stereocenters. The number of aliphatic hydroxyl groups excluding tert-OH is 1. The average molecular weight is 322 g/mol. The molecule has 5 heteroatoms.